The molecule has 3 rings (SSSR count). The van der Waals surface area contributed by atoms with Crippen LogP contribution < -0.4 is 16.0 Å². The predicted octanol–water partition coefficient (Wildman–Crippen LogP) is 1.75. The van der Waals surface area contributed by atoms with Crippen LogP contribution >= 0.6 is 21.6 Å². The van der Waals surface area contributed by atoms with Crippen molar-refractivity contribution in [3.8, 4) is 0 Å². The lowest BCUT2D eigenvalue weighted by molar-refractivity contribution is -0.151. The van der Waals surface area contributed by atoms with Gasteiger partial charge in [-0.3, -0.25) is 19.2 Å². The number of nitrogens with one attached hydrogen (secondary N) is 3. The summed E-state index contributed by atoms with van der Waals surface area (Å²) in [5, 5.41) is 19.2. The summed E-state index contributed by atoms with van der Waals surface area (Å²) in [6.07, 6.45) is 1.86. The Labute approximate surface area is 225 Å². The summed E-state index contributed by atoms with van der Waals surface area (Å²) in [5.74, 6) is -1.24. The van der Waals surface area contributed by atoms with Gasteiger partial charge < -0.3 is 25.8 Å². The number of esters is 1. The molecule has 1 aromatic rings. The standard InChI is InChI=1S/C26H35N3O6S2/c1-16(2)24-21(30)14-23(32)35-18-10-6-7-11-36-37-15-20(26(34)29-24)28-25(33)19(27-22(31)13-18)12-17-8-4-3-5-9-17/h3-6,8-10,16,18-21,24,30H,7,11-15H2,1-2H3,(H,27,31)(H,28,33)(H,29,34)/t18-,19-,20-,21+,24-/m1/s1. The number of hydrogen-bond donors (Lipinski definition) is 4. The fourth-order valence-electron chi connectivity index (χ4n) is 4.13. The maximum atomic E-state index is 13.4. The van der Waals surface area contributed by atoms with Gasteiger partial charge in [-0.25, -0.2) is 0 Å². The molecule has 2 aliphatic rings. The van der Waals surface area contributed by atoms with E-state index >= 15 is 0 Å². The minimum Gasteiger partial charge on any atom is -0.457 e. The Hall–Kier alpha value is -2.50. The molecule has 4 N–H and O–H groups in total. The van der Waals surface area contributed by atoms with E-state index in [9.17, 15) is 24.3 Å². The van der Waals surface area contributed by atoms with E-state index in [-0.39, 0.29) is 25.2 Å². The molecule has 0 aliphatic carbocycles. The highest BCUT2D eigenvalue weighted by molar-refractivity contribution is 8.76. The number of fused-ring (bicyclic) bond motifs is 7. The van der Waals surface area contributed by atoms with E-state index in [1.54, 1.807) is 16.9 Å². The number of hydrogen-bond acceptors (Lipinski definition) is 8. The molecule has 0 saturated carbocycles. The molecular formula is C26H35N3O6S2. The molecule has 11 heteroatoms. The third kappa shape index (κ3) is 9.39. The fraction of sp³-hybridized carbons (Fsp3) is 0.538. The van der Waals surface area contributed by atoms with Crippen LogP contribution in [0.25, 0.3) is 0 Å². The molecule has 37 heavy (non-hydrogen) atoms. The Bertz CT molecular complexity index is 974. The third-order valence-corrected chi connectivity index (χ3v) is 8.54. The largest absolute Gasteiger partial charge is 0.457 e. The maximum Gasteiger partial charge on any atom is 0.309 e. The summed E-state index contributed by atoms with van der Waals surface area (Å²) in [7, 11) is 3.03. The first-order chi connectivity index (χ1) is 17.7. The van der Waals surface area contributed by atoms with Gasteiger partial charge in [0, 0.05) is 17.9 Å². The van der Waals surface area contributed by atoms with Crippen molar-refractivity contribution in [2.75, 3.05) is 11.5 Å². The second-order valence-electron chi connectivity index (χ2n) is 9.48. The van der Waals surface area contributed by atoms with E-state index in [4.69, 9.17) is 4.74 Å². The van der Waals surface area contributed by atoms with Crippen molar-refractivity contribution >= 4 is 45.3 Å². The van der Waals surface area contributed by atoms with Crippen LogP contribution in [0.4, 0.5) is 0 Å². The molecule has 1 saturated heterocycles. The molecule has 0 unspecified atom stereocenters. The van der Waals surface area contributed by atoms with Crippen LogP contribution in [-0.4, -0.2) is 70.6 Å². The average molecular weight is 550 g/mol. The molecule has 0 aromatic heterocycles. The van der Waals surface area contributed by atoms with Crippen LogP contribution in [0.15, 0.2) is 42.5 Å². The van der Waals surface area contributed by atoms with Gasteiger partial charge in [-0.15, -0.1) is 0 Å². The van der Waals surface area contributed by atoms with Crippen LogP contribution in [0, 0.1) is 5.92 Å². The summed E-state index contributed by atoms with van der Waals surface area (Å²) in [5.41, 5.74) is 0.843. The molecule has 9 nitrogen and oxygen atoms in total. The molecule has 5 atom stereocenters. The molecule has 2 aliphatic heterocycles. The van der Waals surface area contributed by atoms with Crippen molar-refractivity contribution in [3.05, 3.63) is 48.0 Å². The van der Waals surface area contributed by atoms with Gasteiger partial charge in [0.05, 0.1) is 25.0 Å². The van der Waals surface area contributed by atoms with Crippen LogP contribution in [0.5, 0.6) is 0 Å². The number of aliphatic hydroxyl groups excluding tert-OH is 1. The van der Waals surface area contributed by atoms with Gasteiger partial charge in [0.25, 0.3) is 0 Å². The van der Waals surface area contributed by atoms with E-state index < -0.39 is 54.0 Å². The van der Waals surface area contributed by atoms with Gasteiger partial charge >= 0.3 is 5.97 Å². The van der Waals surface area contributed by atoms with Crippen LogP contribution in [0.3, 0.4) is 0 Å². The molecule has 1 fully saturated rings. The molecule has 1 aromatic carbocycles. The minimum atomic E-state index is -1.20. The molecule has 2 heterocycles. The molecule has 0 radical (unpaired) electrons. The highest BCUT2D eigenvalue weighted by Crippen LogP contribution is 2.24. The zero-order valence-corrected chi connectivity index (χ0v) is 22.7. The highest BCUT2D eigenvalue weighted by Gasteiger charge is 2.33. The predicted molar refractivity (Wildman–Crippen MR) is 145 cm³/mol. The van der Waals surface area contributed by atoms with E-state index in [1.165, 1.54) is 10.8 Å². The lowest BCUT2D eigenvalue weighted by Gasteiger charge is -2.29. The topological polar surface area (TPSA) is 134 Å². The van der Waals surface area contributed by atoms with Crippen molar-refractivity contribution < 1.29 is 29.0 Å². The van der Waals surface area contributed by atoms with Crippen LogP contribution in [0.2, 0.25) is 0 Å². The molecule has 2 bridgehead atoms. The van der Waals surface area contributed by atoms with E-state index in [0.717, 1.165) is 11.3 Å². The normalized spacial score (nSPS) is 28.7. The first kappa shape index (κ1) is 29.1. The second-order valence-corrected chi connectivity index (χ2v) is 12.1. The van der Waals surface area contributed by atoms with Gasteiger partial charge in [-0.2, -0.15) is 0 Å². The maximum absolute atomic E-state index is 13.4. The van der Waals surface area contributed by atoms with E-state index in [0.29, 0.717) is 12.2 Å². The summed E-state index contributed by atoms with van der Waals surface area (Å²) < 4.78 is 5.55. The molecular weight excluding hydrogens is 514 g/mol. The third-order valence-electron chi connectivity index (χ3n) is 6.09. The summed E-state index contributed by atoms with van der Waals surface area (Å²) in [6, 6.07) is 6.69. The highest BCUT2D eigenvalue weighted by atomic mass is 33.1. The minimum absolute atomic E-state index is 0.174. The van der Waals surface area contributed by atoms with E-state index in [1.807, 2.05) is 50.3 Å². The summed E-state index contributed by atoms with van der Waals surface area (Å²) in [6.45, 7) is 3.66. The van der Waals surface area contributed by atoms with E-state index in [2.05, 4.69) is 16.0 Å². The Balaban J connectivity index is 1.98. The van der Waals surface area contributed by atoms with Crippen molar-refractivity contribution in [2.45, 2.75) is 69.9 Å². The molecule has 3 amide bonds. The van der Waals surface area contributed by atoms with Crippen LogP contribution in [0.1, 0.15) is 38.7 Å². The zero-order chi connectivity index (χ0) is 26.8. The number of amides is 3. The number of rotatable bonds is 3. The Morgan fingerprint density at radius 1 is 1.00 bits per heavy atom. The number of aliphatic hydroxyl groups is 1. The SMILES string of the molecule is CC(C)[C@H]1NC(=O)[C@H]2CSSCCC=C[C@H](CC(=O)N[C@H](Cc3ccccc3)C(=O)N2)OC(=O)C[C@@H]1O. The average Bonchev–Trinajstić information content (AvgIpc) is 2.84. The smallest absolute Gasteiger partial charge is 0.309 e. The van der Waals surface area contributed by atoms with Gasteiger partial charge in [-0.1, -0.05) is 71.8 Å². The van der Waals surface area contributed by atoms with Gasteiger partial charge in [0.15, 0.2) is 0 Å². The van der Waals surface area contributed by atoms with Crippen molar-refractivity contribution in [2.24, 2.45) is 5.92 Å². The molecule has 0 spiro atoms. The number of allylic oxidation sites excluding steroid dienone is 1. The van der Waals surface area contributed by atoms with Gasteiger partial charge in [0.2, 0.25) is 17.7 Å². The number of carbonyl (C=O) groups is 4. The van der Waals surface area contributed by atoms with Crippen molar-refractivity contribution in [1.82, 2.24) is 16.0 Å². The van der Waals surface area contributed by atoms with Gasteiger partial charge in [0.1, 0.15) is 18.2 Å². The first-order valence-corrected chi connectivity index (χ1v) is 14.9. The van der Waals surface area contributed by atoms with Crippen LogP contribution in [-0.2, 0) is 30.3 Å². The number of benzene rings is 1. The lowest BCUT2D eigenvalue weighted by Crippen LogP contribution is -2.58. The quantitative estimate of drug-likeness (QED) is 0.255. The monoisotopic (exact) mass is 549 g/mol. The Morgan fingerprint density at radius 3 is 2.49 bits per heavy atom. The number of ether oxygens (including phenoxy) is 1. The Morgan fingerprint density at radius 2 is 1.76 bits per heavy atom. The fourth-order valence-corrected chi connectivity index (χ4v) is 6.28. The van der Waals surface area contributed by atoms with Crippen molar-refractivity contribution in [3.63, 3.8) is 0 Å². The second kappa shape index (κ2) is 14.4. The lowest BCUT2D eigenvalue weighted by atomic mass is 9.96. The summed E-state index contributed by atoms with van der Waals surface area (Å²) >= 11 is 0. The summed E-state index contributed by atoms with van der Waals surface area (Å²) in [4.78, 5) is 52.4. The zero-order valence-electron chi connectivity index (χ0n) is 21.1. The first-order valence-electron chi connectivity index (χ1n) is 12.5. The van der Waals surface area contributed by atoms with Gasteiger partial charge in [-0.05, 0) is 24.0 Å². The molecule has 202 valence electrons. The van der Waals surface area contributed by atoms with Crippen molar-refractivity contribution in [1.29, 1.82) is 0 Å². The number of carbonyl (C=O) groups excluding carboxylic acids is 4. The Kier molecular flexibility index (Phi) is 11.3.